The predicted octanol–water partition coefficient (Wildman–Crippen LogP) is 0.882. The summed E-state index contributed by atoms with van der Waals surface area (Å²) in [5.41, 5.74) is 0. The summed E-state index contributed by atoms with van der Waals surface area (Å²) in [6.45, 7) is 9.54. The number of piperazine rings is 1. The number of piperidine rings is 1. The van der Waals surface area contributed by atoms with E-state index in [0.717, 1.165) is 52.1 Å². The van der Waals surface area contributed by atoms with Gasteiger partial charge in [0.15, 0.2) is 0 Å². The van der Waals surface area contributed by atoms with Crippen molar-refractivity contribution in [1.82, 2.24) is 14.7 Å². The molecule has 0 N–H and O–H groups in total. The van der Waals surface area contributed by atoms with Gasteiger partial charge < -0.3 is 9.80 Å². The van der Waals surface area contributed by atoms with E-state index in [9.17, 15) is 4.79 Å². The van der Waals surface area contributed by atoms with Crippen LogP contribution in [0.15, 0.2) is 0 Å². The number of nitrogens with zero attached hydrogens (tertiary/aromatic N) is 3. The van der Waals surface area contributed by atoms with Crippen molar-refractivity contribution in [3.8, 4) is 0 Å². The van der Waals surface area contributed by atoms with Crippen LogP contribution in [0.2, 0.25) is 0 Å². The van der Waals surface area contributed by atoms with Crippen molar-refractivity contribution >= 4 is 5.91 Å². The minimum Gasteiger partial charge on any atom is -0.340 e. The lowest BCUT2D eigenvalue weighted by atomic mass is 9.95. The summed E-state index contributed by atoms with van der Waals surface area (Å²) < 4.78 is 0. The fourth-order valence-corrected chi connectivity index (χ4v) is 3.02. The van der Waals surface area contributed by atoms with E-state index in [1.54, 1.807) is 0 Å². The number of hydrogen-bond acceptors (Lipinski definition) is 3. The topological polar surface area (TPSA) is 26.8 Å². The van der Waals surface area contributed by atoms with Gasteiger partial charge in [0.1, 0.15) is 0 Å². The zero-order chi connectivity index (χ0) is 13.0. The summed E-state index contributed by atoms with van der Waals surface area (Å²) in [7, 11) is 2.14. The third-order valence-electron chi connectivity index (χ3n) is 4.29. The Labute approximate surface area is 111 Å². The summed E-state index contributed by atoms with van der Waals surface area (Å²) in [5.74, 6) is 0.707. The molecule has 0 aliphatic carbocycles. The number of carbonyl (C=O) groups excluding carboxylic acids is 1. The van der Waals surface area contributed by atoms with Crippen LogP contribution in [-0.4, -0.2) is 73.5 Å². The molecular weight excluding hydrogens is 226 g/mol. The molecule has 0 aromatic carbocycles. The second-order valence-electron chi connectivity index (χ2n) is 5.74. The quantitative estimate of drug-likeness (QED) is 0.747. The Bertz CT molecular complexity index is 266. The molecule has 4 heteroatoms. The van der Waals surface area contributed by atoms with E-state index in [-0.39, 0.29) is 0 Å². The lowest BCUT2D eigenvalue weighted by Gasteiger charge is -2.38. The van der Waals surface area contributed by atoms with Gasteiger partial charge in [-0.15, -0.1) is 0 Å². The Balaban J connectivity index is 1.77. The van der Waals surface area contributed by atoms with Crippen molar-refractivity contribution < 1.29 is 4.79 Å². The van der Waals surface area contributed by atoms with Crippen molar-refractivity contribution in [2.45, 2.75) is 26.2 Å². The summed E-state index contributed by atoms with van der Waals surface area (Å²) in [5, 5.41) is 0. The summed E-state index contributed by atoms with van der Waals surface area (Å²) >= 11 is 0. The van der Waals surface area contributed by atoms with Gasteiger partial charge in [-0.2, -0.15) is 0 Å². The normalized spacial score (nSPS) is 24.4. The van der Waals surface area contributed by atoms with E-state index in [0.29, 0.717) is 11.8 Å². The Morgan fingerprint density at radius 3 is 2.22 bits per heavy atom. The van der Waals surface area contributed by atoms with Crippen LogP contribution in [0.1, 0.15) is 26.2 Å². The molecule has 2 aliphatic rings. The van der Waals surface area contributed by atoms with Crippen molar-refractivity contribution in [1.29, 1.82) is 0 Å². The maximum atomic E-state index is 12.4. The van der Waals surface area contributed by atoms with Crippen LogP contribution < -0.4 is 0 Å². The summed E-state index contributed by atoms with van der Waals surface area (Å²) in [4.78, 5) is 19.3. The number of rotatable bonds is 3. The molecule has 0 radical (unpaired) electrons. The first-order chi connectivity index (χ1) is 8.70. The van der Waals surface area contributed by atoms with Crippen molar-refractivity contribution in [2.24, 2.45) is 5.92 Å². The molecule has 0 unspecified atom stereocenters. The van der Waals surface area contributed by atoms with E-state index in [4.69, 9.17) is 0 Å². The monoisotopic (exact) mass is 253 g/mol. The minimum absolute atomic E-state index is 0.291. The second kappa shape index (κ2) is 6.53. The van der Waals surface area contributed by atoms with Crippen molar-refractivity contribution in [3.05, 3.63) is 0 Å². The van der Waals surface area contributed by atoms with E-state index < -0.39 is 0 Å². The molecule has 2 fully saturated rings. The first kappa shape index (κ1) is 13.8. The standard InChI is InChI=1S/C14H27N3O/c1-3-6-16-9-11-17(12-10-16)14(18)13-4-7-15(2)8-5-13/h13H,3-12H2,1-2H3. The molecule has 0 aromatic heterocycles. The zero-order valence-electron chi connectivity index (χ0n) is 11.9. The predicted molar refractivity (Wildman–Crippen MR) is 73.5 cm³/mol. The van der Waals surface area contributed by atoms with Gasteiger partial charge in [-0.25, -0.2) is 0 Å². The highest BCUT2D eigenvalue weighted by molar-refractivity contribution is 5.79. The Morgan fingerprint density at radius 2 is 1.67 bits per heavy atom. The van der Waals surface area contributed by atoms with Crippen LogP contribution in [0.25, 0.3) is 0 Å². The Morgan fingerprint density at radius 1 is 1.06 bits per heavy atom. The van der Waals surface area contributed by atoms with Gasteiger partial charge in [-0.1, -0.05) is 6.92 Å². The number of likely N-dealkylation sites (tertiary alicyclic amines) is 1. The van der Waals surface area contributed by atoms with E-state index >= 15 is 0 Å². The van der Waals surface area contributed by atoms with Crippen molar-refractivity contribution in [2.75, 3.05) is 52.9 Å². The lowest BCUT2D eigenvalue weighted by Crippen LogP contribution is -2.51. The molecule has 0 saturated carbocycles. The van der Waals surface area contributed by atoms with Crippen LogP contribution in [0.5, 0.6) is 0 Å². The maximum absolute atomic E-state index is 12.4. The van der Waals surface area contributed by atoms with Gasteiger partial charge in [0, 0.05) is 32.1 Å². The summed E-state index contributed by atoms with van der Waals surface area (Å²) in [6.07, 6.45) is 3.30. The van der Waals surface area contributed by atoms with E-state index in [2.05, 4.69) is 28.7 Å². The van der Waals surface area contributed by atoms with Gasteiger partial charge >= 0.3 is 0 Å². The van der Waals surface area contributed by atoms with Crippen molar-refractivity contribution in [3.63, 3.8) is 0 Å². The molecule has 2 heterocycles. The van der Waals surface area contributed by atoms with Gasteiger partial charge in [0.25, 0.3) is 0 Å². The van der Waals surface area contributed by atoms with Gasteiger partial charge in [0.05, 0.1) is 0 Å². The molecule has 4 nitrogen and oxygen atoms in total. The largest absolute Gasteiger partial charge is 0.340 e. The minimum atomic E-state index is 0.291. The van der Waals surface area contributed by atoms with Crippen LogP contribution in [0, 0.1) is 5.92 Å². The third kappa shape index (κ3) is 3.45. The average molecular weight is 253 g/mol. The lowest BCUT2D eigenvalue weighted by molar-refractivity contribution is -0.138. The smallest absolute Gasteiger partial charge is 0.225 e. The highest BCUT2D eigenvalue weighted by Gasteiger charge is 2.29. The SMILES string of the molecule is CCCN1CCN(C(=O)C2CCN(C)CC2)CC1. The maximum Gasteiger partial charge on any atom is 0.225 e. The molecule has 0 bridgehead atoms. The number of carbonyl (C=O) groups is 1. The highest BCUT2D eigenvalue weighted by atomic mass is 16.2. The van der Waals surface area contributed by atoms with Gasteiger partial charge in [-0.05, 0) is 45.9 Å². The van der Waals surface area contributed by atoms with E-state index in [1.165, 1.54) is 13.0 Å². The second-order valence-corrected chi connectivity index (χ2v) is 5.74. The number of amides is 1. The van der Waals surface area contributed by atoms with Gasteiger partial charge in [-0.3, -0.25) is 9.69 Å². The first-order valence-electron chi connectivity index (χ1n) is 7.40. The van der Waals surface area contributed by atoms with Crippen LogP contribution in [0.4, 0.5) is 0 Å². The molecular formula is C14H27N3O. The molecule has 18 heavy (non-hydrogen) atoms. The highest BCUT2D eigenvalue weighted by Crippen LogP contribution is 2.19. The molecule has 0 spiro atoms. The van der Waals surface area contributed by atoms with Gasteiger partial charge in [0.2, 0.25) is 5.91 Å². The first-order valence-corrected chi connectivity index (χ1v) is 7.40. The van der Waals surface area contributed by atoms with E-state index in [1.807, 2.05) is 0 Å². The molecule has 1 amide bonds. The van der Waals surface area contributed by atoms with Crippen LogP contribution in [-0.2, 0) is 4.79 Å². The third-order valence-corrected chi connectivity index (χ3v) is 4.29. The molecule has 0 aromatic rings. The zero-order valence-corrected chi connectivity index (χ0v) is 11.9. The average Bonchev–Trinajstić information content (AvgIpc) is 2.40. The van der Waals surface area contributed by atoms with Crippen LogP contribution >= 0.6 is 0 Å². The molecule has 2 rings (SSSR count). The molecule has 0 atom stereocenters. The Kier molecular flexibility index (Phi) is 5.01. The fraction of sp³-hybridized carbons (Fsp3) is 0.929. The number of hydrogen-bond donors (Lipinski definition) is 0. The molecule has 2 aliphatic heterocycles. The molecule has 2 saturated heterocycles. The summed E-state index contributed by atoms with van der Waals surface area (Å²) in [6, 6.07) is 0. The van der Waals surface area contributed by atoms with Crippen LogP contribution in [0.3, 0.4) is 0 Å². The Hall–Kier alpha value is -0.610. The fourth-order valence-electron chi connectivity index (χ4n) is 3.02. The molecule has 104 valence electrons.